The van der Waals surface area contributed by atoms with Gasteiger partial charge in [-0.05, 0) is 43.4 Å². The second kappa shape index (κ2) is 9.11. The highest BCUT2D eigenvalue weighted by Crippen LogP contribution is 2.28. The van der Waals surface area contributed by atoms with Crippen molar-refractivity contribution < 1.29 is 9.13 Å². The van der Waals surface area contributed by atoms with E-state index in [4.69, 9.17) is 10.00 Å². The average molecular weight is 318 g/mol. The molecule has 0 aliphatic heterocycles. The minimum absolute atomic E-state index is 0.277. The molecule has 1 aromatic carbocycles. The van der Waals surface area contributed by atoms with Crippen molar-refractivity contribution in [2.45, 2.75) is 25.8 Å². The van der Waals surface area contributed by atoms with Gasteiger partial charge in [0.05, 0.1) is 11.6 Å². The van der Waals surface area contributed by atoms with Gasteiger partial charge in [0.15, 0.2) is 5.96 Å². The fourth-order valence-corrected chi connectivity index (χ4v) is 2.09. The summed E-state index contributed by atoms with van der Waals surface area (Å²) in [4.78, 5) is 4.10. The average Bonchev–Trinajstić information content (AvgIpc) is 3.39. The first-order valence-electron chi connectivity index (χ1n) is 7.93. The normalized spacial score (nSPS) is 14.4. The van der Waals surface area contributed by atoms with Crippen LogP contribution in [0.15, 0.2) is 23.2 Å². The molecule has 0 atom stereocenters. The van der Waals surface area contributed by atoms with Crippen LogP contribution in [0.2, 0.25) is 0 Å². The molecule has 1 aliphatic rings. The maximum atomic E-state index is 13.7. The van der Waals surface area contributed by atoms with Crippen LogP contribution in [0.1, 0.15) is 30.4 Å². The summed E-state index contributed by atoms with van der Waals surface area (Å²) >= 11 is 0. The summed E-state index contributed by atoms with van der Waals surface area (Å²) in [7, 11) is 1.67. The molecular formula is C17H23FN4O. The van der Waals surface area contributed by atoms with Gasteiger partial charge < -0.3 is 15.4 Å². The fraction of sp³-hybridized carbons (Fsp3) is 0.529. The highest BCUT2D eigenvalue weighted by atomic mass is 19.1. The van der Waals surface area contributed by atoms with Crippen LogP contribution in [0.5, 0.6) is 0 Å². The Kier molecular flexibility index (Phi) is 6.82. The van der Waals surface area contributed by atoms with Crippen LogP contribution in [0.25, 0.3) is 0 Å². The van der Waals surface area contributed by atoms with E-state index in [1.165, 1.54) is 25.0 Å². The molecule has 124 valence electrons. The van der Waals surface area contributed by atoms with E-state index in [1.54, 1.807) is 13.1 Å². The zero-order valence-electron chi connectivity index (χ0n) is 13.4. The molecule has 1 fully saturated rings. The van der Waals surface area contributed by atoms with Crippen molar-refractivity contribution in [3.05, 3.63) is 35.1 Å². The molecule has 1 aliphatic carbocycles. The van der Waals surface area contributed by atoms with Crippen molar-refractivity contribution >= 4 is 5.96 Å². The van der Waals surface area contributed by atoms with Gasteiger partial charge in [0.2, 0.25) is 0 Å². The van der Waals surface area contributed by atoms with Crippen molar-refractivity contribution in [3.8, 4) is 6.07 Å². The number of nitrogens with one attached hydrogen (secondary N) is 2. The number of ether oxygens (including phenoxy) is 1. The predicted molar refractivity (Wildman–Crippen MR) is 87.5 cm³/mol. The Morgan fingerprint density at radius 2 is 2.26 bits per heavy atom. The smallest absolute Gasteiger partial charge is 0.191 e. The Morgan fingerprint density at radius 3 is 2.96 bits per heavy atom. The molecule has 0 bridgehead atoms. The number of nitrogens with zero attached hydrogens (tertiary/aromatic N) is 2. The van der Waals surface area contributed by atoms with E-state index >= 15 is 0 Å². The van der Waals surface area contributed by atoms with E-state index in [2.05, 4.69) is 15.6 Å². The standard InChI is InChI=1S/C17H23FN4O/c1-20-17(21-7-2-8-23-12-13-3-4-13)22-11-15-9-14(10-19)5-6-16(15)18/h5-6,9,13H,2-4,7-8,11-12H2,1H3,(H2,20,21,22). The summed E-state index contributed by atoms with van der Waals surface area (Å²) in [5.74, 6) is 1.06. The van der Waals surface area contributed by atoms with Crippen LogP contribution < -0.4 is 10.6 Å². The van der Waals surface area contributed by atoms with E-state index in [9.17, 15) is 4.39 Å². The van der Waals surface area contributed by atoms with Crippen LogP contribution in [0.3, 0.4) is 0 Å². The fourth-order valence-electron chi connectivity index (χ4n) is 2.09. The highest BCUT2D eigenvalue weighted by molar-refractivity contribution is 5.79. The van der Waals surface area contributed by atoms with Gasteiger partial charge in [-0.25, -0.2) is 4.39 Å². The summed E-state index contributed by atoms with van der Waals surface area (Å²) in [6, 6.07) is 6.33. The molecule has 0 unspecified atom stereocenters. The molecule has 0 radical (unpaired) electrons. The second-order valence-electron chi connectivity index (χ2n) is 5.64. The molecule has 0 aromatic heterocycles. The molecule has 0 saturated heterocycles. The molecule has 0 heterocycles. The van der Waals surface area contributed by atoms with Crippen LogP contribution in [0, 0.1) is 23.1 Å². The predicted octanol–water partition coefficient (Wildman–Crippen LogP) is 2.18. The zero-order valence-corrected chi connectivity index (χ0v) is 13.4. The molecular weight excluding hydrogens is 295 g/mol. The molecule has 1 saturated carbocycles. The lowest BCUT2D eigenvalue weighted by atomic mass is 10.1. The van der Waals surface area contributed by atoms with Gasteiger partial charge in [0, 0.05) is 38.9 Å². The first-order valence-corrected chi connectivity index (χ1v) is 7.93. The Balaban J connectivity index is 1.67. The second-order valence-corrected chi connectivity index (χ2v) is 5.64. The zero-order chi connectivity index (χ0) is 16.5. The van der Waals surface area contributed by atoms with Gasteiger partial charge in [0.25, 0.3) is 0 Å². The Labute approximate surface area is 136 Å². The number of hydrogen-bond acceptors (Lipinski definition) is 3. The molecule has 0 spiro atoms. The molecule has 2 rings (SSSR count). The number of rotatable bonds is 8. The minimum Gasteiger partial charge on any atom is -0.381 e. The van der Waals surface area contributed by atoms with Crippen molar-refractivity contribution in [2.24, 2.45) is 10.9 Å². The van der Waals surface area contributed by atoms with Crippen LogP contribution in [-0.4, -0.2) is 32.8 Å². The van der Waals surface area contributed by atoms with E-state index in [1.807, 2.05) is 6.07 Å². The molecule has 6 heteroatoms. The third kappa shape index (κ3) is 6.25. The van der Waals surface area contributed by atoms with E-state index in [0.717, 1.165) is 32.1 Å². The van der Waals surface area contributed by atoms with Gasteiger partial charge in [-0.15, -0.1) is 0 Å². The van der Waals surface area contributed by atoms with E-state index in [0.29, 0.717) is 17.1 Å². The van der Waals surface area contributed by atoms with Gasteiger partial charge in [-0.1, -0.05) is 0 Å². The Bertz CT molecular complexity index is 578. The summed E-state index contributed by atoms with van der Waals surface area (Å²) in [6.45, 7) is 2.63. The van der Waals surface area contributed by atoms with Crippen molar-refractivity contribution in [1.29, 1.82) is 5.26 Å². The number of guanidine groups is 1. The monoisotopic (exact) mass is 318 g/mol. The van der Waals surface area contributed by atoms with Crippen molar-refractivity contribution in [1.82, 2.24) is 10.6 Å². The molecule has 5 nitrogen and oxygen atoms in total. The first-order chi connectivity index (χ1) is 11.2. The number of nitriles is 1. The van der Waals surface area contributed by atoms with Crippen LogP contribution >= 0.6 is 0 Å². The molecule has 2 N–H and O–H groups in total. The topological polar surface area (TPSA) is 69.4 Å². The third-order valence-corrected chi connectivity index (χ3v) is 3.65. The molecule has 23 heavy (non-hydrogen) atoms. The third-order valence-electron chi connectivity index (χ3n) is 3.65. The largest absolute Gasteiger partial charge is 0.381 e. The van der Waals surface area contributed by atoms with E-state index in [-0.39, 0.29) is 12.4 Å². The number of aliphatic imine (C=N–C) groups is 1. The Morgan fingerprint density at radius 1 is 1.43 bits per heavy atom. The number of halogens is 1. The van der Waals surface area contributed by atoms with Gasteiger partial charge in [0.1, 0.15) is 5.82 Å². The number of hydrogen-bond donors (Lipinski definition) is 2. The maximum absolute atomic E-state index is 13.7. The van der Waals surface area contributed by atoms with Crippen molar-refractivity contribution in [3.63, 3.8) is 0 Å². The minimum atomic E-state index is -0.333. The first kappa shape index (κ1) is 17.2. The summed E-state index contributed by atoms with van der Waals surface area (Å²) in [5.41, 5.74) is 0.888. The van der Waals surface area contributed by atoms with Gasteiger partial charge in [-0.3, -0.25) is 4.99 Å². The SMILES string of the molecule is CN=C(NCCCOCC1CC1)NCc1cc(C#N)ccc1F. The lowest BCUT2D eigenvalue weighted by Gasteiger charge is -2.12. The van der Waals surface area contributed by atoms with E-state index < -0.39 is 0 Å². The lowest BCUT2D eigenvalue weighted by molar-refractivity contribution is 0.123. The highest BCUT2D eigenvalue weighted by Gasteiger charge is 2.20. The van der Waals surface area contributed by atoms with Gasteiger partial charge >= 0.3 is 0 Å². The maximum Gasteiger partial charge on any atom is 0.191 e. The summed E-state index contributed by atoms with van der Waals surface area (Å²) in [5, 5.41) is 15.1. The number of benzene rings is 1. The quantitative estimate of drug-likeness (QED) is 0.438. The molecule has 0 amide bonds. The Hall–Kier alpha value is -2.13. The van der Waals surface area contributed by atoms with Gasteiger partial charge in [-0.2, -0.15) is 5.26 Å². The van der Waals surface area contributed by atoms with Crippen LogP contribution in [0.4, 0.5) is 4.39 Å². The van der Waals surface area contributed by atoms with Crippen molar-refractivity contribution in [2.75, 3.05) is 26.8 Å². The summed E-state index contributed by atoms with van der Waals surface area (Å²) in [6.07, 6.45) is 3.50. The summed E-state index contributed by atoms with van der Waals surface area (Å²) < 4.78 is 19.3. The molecule has 1 aromatic rings. The van der Waals surface area contributed by atoms with Crippen LogP contribution in [-0.2, 0) is 11.3 Å². The lowest BCUT2D eigenvalue weighted by Crippen LogP contribution is -2.37.